The van der Waals surface area contributed by atoms with E-state index in [9.17, 15) is 0 Å². The Balaban J connectivity index is 1.75. The van der Waals surface area contributed by atoms with Crippen molar-refractivity contribution < 1.29 is 9.26 Å². The van der Waals surface area contributed by atoms with Crippen LogP contribution in [0.2, 0.25) is 0 Å². The maximum absolute atomic E-state index is 5.65. The maximum atomic E-state index is 5.65. The van der Waals surface area contributed by atoms with E-state index in [0.717, 1.165) is 50.5 Å². The molecule has 2 aromatic heterocycles. The van der Waals surface area contributed by atoms with Crippen LogP contribution in [0.1, 0.15) is 0 Å². The van der Waals surface area contributed by atoms with Crippen LogP contribution in [-0.2, 0) is 0 Å². The molecule has 5 aromatic rings. The van der Waals surface area contributed by atoms with Crippen molar-refractivity contribution in [2.24, 2.45) is 0 Å². The summed E-state index contributed by atoms with van der Waals surface area (Å²) in [6.07, 6.45) is 0. The fourth-order valence-electron chi connectivity index (χ4n) is 3.59. The summed E-state index contributed by atoms with van der Waals surface area (Å²) in [4.78, 5) is 3.52. The molecule has 0 saturated heterocycles. The van der Waals surface area contributed by atoms with Crippen LogP contribution in [0, 0.1) is 0 Å². The molecule has 0 unspecified atom stereocenters. The minimum Gasteiger partial charge on any atom is -0.495 e. The average molecular weight is 366 g/mol. The number of hydrogen-bond donors (Lipinski definition) is 1. The van der Waals surface area contributed by atoms with Crippen LogP contribution in [0.5, 0.6) is 5.75 Å². The topological polar surface area (TPSA) is 51.1 Å². The molecule has 0 aliphatic heterocycles. The van der Waals surface area contributed by atoms with Crippen LogP contribution in [-0.4, -0.2) is 17.3 Å². The fourth-order valence-corrected chi connectivity index (χ4v) is 3.59. The van der Waals surface area contributed by atoms with Crippen molar-refractivity contribution in [3.05, 3.63) is 84.9 Å². The van der Waals surface area contributed by atoms with Crippen molar-refractivity contribution >= 4 is 10.9 Å². The number of aromatic nitrogens is 2. The molecule has 0 fully saturated rings. The van der Waals surface area contributed by atoms with Crippen LogP contribution in [0.15, 0.2) is 89.5 Å². The molecular formula is C24H18N2O2. The van der Waals surface area contributed by atoms with Gasteiger partial charge in [-0.3, -0.25) is 0 Å². The minimum absolute atomic E-state index is 0.736. The van der Waals surface area contributed by atoms with E-state index >= 15 is 0 Å². The molecule has 2 heterocycles. The predicted octanol–water partition coefficient (Wildman–Crippen LogP) is 6.17. The molecule has 0 aliphatic carbocycles. The van der Waals surface area contributed by atoms with Gasteiger partial charge in [-0.1, -0.05) is 78.0 Å². The van der Waals surface area contributed by atoms with E-state index in [-0.39, 0.29) is 0 Å². The van der Waals surface area contributed by atoms with Gasteiger partial charge in [0.05, 0.1) is 18.3 Å². The molecule has 4 nitrogen and oxygen atoms in total. The monoisotopic (exact) mass is 366 g/mol. The molecule has 0 saturated carbocycles. The Bertz CT molecular complexity index is 1240. The minimum atomic E-state index is 0.736. The maximum Gasteiger partial charge on any atom is 0.167 e. The van der Waals surface area contributed by atoms with Crippen LogP contribution >= 0.6 is 0 Å². The van der Waals surface area contributed by atoms with E-state index in [1.54, 1.807) is 7.11 Å². The van der Waals surface area contributed by atoms with Gasteiger partial charge in [0.15, 0.2) is 5.76 Å². The first-order valence-corrected chi connectivity index (χ1v) is 9.12. The number of H-pyrrole nitrogens is 1. The number of aromatic amines is 1. The summed E-state index contributed by atoms with van der Waals surface area (Å²) < 4.78 is 11.2. The number of ether oxygens (including phenoxy) is 1. The molecule has 136 valence electrons. The molecule has 5 rings (SSSR count). The summed E-state index contributed by atoms with van der Waals surface area (Å²) in [5, 5.41) is 5.44. The van der Waals surface area contributed by atoms with E-state index in [4.69, 9.17) is 9.26 Å². The summed E-state index contributed by atoms with van der Waals surface area (Å²) in [7, 11) is 1.68. The smallest absolute Gasteiger partial charge is 0.167 e. The van der Waals surface area contributed by atoms with Crippen molar-refractivity contribution in [1.82, 2.24) is 10.1 Å². The normalized spacial score (nSPS) is 11.0. The Hall–Kier alpha value is -3.79. The van der Waals surface area contributed by atoms with Crippen molar-refractivity contribution in [1.29, 1.82) is 0 Å². The Morgan fingerprint density at radius 1 is 0.821 bits per heavy atom. The number of methoxy groups -OCH3 is 1. The van der Waals surface area contributed by atoms with Gasteiger partial charge in [0.25, 0.3) is 0 Å². The molecule has 0 radical (unpaired) electrons. The molecule has 0 bridgehead atoms. The van der Waals surface area contributed by atoms with Crippen LogP contribution in [0.3, 0.4) is 0 Å². The van der Waals surface area contributed by atoms with Crippen LogP contribution < -0.4 is 4.74 Å². The van der Waals surface area contributed by atoms with E-state index in [2.05, 4.69) is 28.3 Å². The SMILES string of the molecule is COc1cccc2c(-c3ccccc3)c(-c3cc(-c4ccccc4)on3)[nH]c12. The highest BCUT2D eigenvalue weighted by Gasteiger charge is 2.20. The lowest BCUT2D eigenvalue weighted by Gasteiger charge is -2.03. The Kier molecular flexibility index (Phi) is 3.95. The van der Waals surface area contributed by atoms with E-state index in [0.29, 0.717) is 0 Å². The first-order valence-electron chi connectivity index (χ1n) is 9.12. The van der Waals surface area contributed by atoms with E-state index in [1.807, 2.05) is 66.7 Å². The average Bonchev–Trinajstić information content (AvgIpc) is 3.39. The summed E-state index contributed by atoms with van der Waals surface area (Å²) in [5.41, 5.74) is 5.82. The molecule has 0 atom stereocenters. The fraction of sp³-hybridized carbons (Fsp3) is 0.0417. The van der Waals surface area contributed by atoms with Gasteiger partial charge in [-0.2, -0.15) is 0 Å². The second kappa shape index (κ2) is 6.74. The first kappa shape index (κ1) is 16.4. The van der Waals surface area contributed by atoms with Gasteiger partial charge in [-0.15, -0.1) is 0 Å². The zero-order valence-corrected chi connectivity index (χ0v) is 15.3. The molecule has 4 heteroatoms. The molecule has 1 N–H and O–H groups in total. The second-order valence-corrected chi connectivity index (χ2v) is 6.57. The van der Waals surface area contributed by atoms with Crippen molar-refractivity contribution in [2.45, 2.75) is 0 Å². The third kappa shape index (κ3) is 2.67. The highest BCUT2D eigenvalue weighted by molar-refractivity contribution is 6.05. The molecular weight excluding hydrogens is 348 g/mol. The molecule has 0 amide bonds. The van der Waals surface area contributed by atoms with Crippen LogP contribution in [0.25, 0.3) is 44.7 Å². The Morgan fingerprint density at radius 2 is 1.54 bits per heavy atom. The van der Waals surface area contributed by atoms with Crippen molar-refractivity contribution in [3.63, 3.8) is 0 Å². The second-order valence-electron chi connectivity index (χ2n) is 6.57. The van der Waals surface area contributed by atoms with Gasteiger partial charge in [0.2, 0.25) is 0 Å². The summed E-state index contributed by atoms with van der Waals surface area (Å²) >= 11 is 0. The number of nitrogens with one attached hydrogen (secondary N) is 1. The third-order valence-corrected chi connectivity index (χ3v) is 4.90. The quantitative estimate of drug-likeness (QED) is 0.414. The lowest BCUT2D eigenvalue weighted by molar-refractivity contribution is 0.419. The molecule has 28 heavy (non-hydrogen) atoms. The van der Waals surface area contributed by atoms with Gasteiger partial charge in [-0.05, 0) is 11.6 Å². The van der Waals surface area contributed by atoms with Gasteiger partial charge in [0, 0.05) is 22.6 Å². The predicted molar refractivity (Wildman–Crippen MR) is 111 cm³/mol. The number of rotatable bonds is 4. The number of benzene rings is 3. The van der Waals surface area contributed by atoms with E-state index < -0.39 is 0 Å². The zero-order valence-electron chi connectivity index (χ0n) is 15.3. The largest absolute Gasteiger partial charge is 0.495 e. The highest BCUT2D eigenvalue weighted by atomic mass is 16.5. The van der Waals surface area contributed by atoms with Gasteiger partial charge in [-0.25, -0.2) is 0 Å². The lowest BCUT2D eigenvalue weighted by Crippen LogP contribution is -1.83. The van der Waals surface area contributed by atoms with Gasteiger partial charge in [0.1, 0.15) is 11.4 Å². The summed E-state index contributed by atoms with van der Waals surface area (Å²) in [6.45, 7) is 0. The molecule has 0 aliphatic rings. The zero-order chi connectivity index (χ0) is 18.9. The molecule has 3 aromatic carbocycles. The highest BCUT2D eigenvalue weighted by Crippen LogP contribution is 2.41. The third-order valence-electron chi connectivity index (χ3n) is 4.90. The Labute approximate surface area is 162 Å². The first-order chi connectivity index (χ1) is 13.8. The van der Waals surface area contributed by atoms with Gasteiger partial charge >= 0.3 is 0 Å². The summed E-state index contributed by atoms with van der Waals surface area (Å²) in [5.74, 6) is 1.54. The number of para-hydroxylation sites is 1. The lowest BCUT2D eigenvalue weighted by atomic mass is 10.00. The standard InChI is InChI=1S/C24H18N2O2/c1-27-20-14-8-13-18-22(17-11-6-3-7-12-17)24(25-23(18)20)19-15-21(28-26-19)16-9-4-2-5-10-16/h2-15,25H,1H3. The number of fused-ring (bicyclic) bond motifs is 1. The summed E-state index contributed by atoms with van der Waals surface area (Å²) in [6, 6.07) is 28.3. The number of nitrogens with zero attached hydrogens (tertiary/aromatic N) is 1. The Morgan fingerprint density at radius 3 is 2.25 bits per heavy atom. The van der Waals surface area contributed by atoms with Crippen LogP contribution in [0.4, 0.5) is 0 Å². The van der Waals surface area contributed by atoms with Gasteiger partial charge < -0.3 is 14.2 Å². The van der Waals surface area contributed by atoms with E-state index in [1.165, 1.54) is 0 Å². The van der Waals surface area contributed by atoms with Crippen molar-refractivity contribution in [3.8, 4) is 39.6 Å². The van der Waals surface area contributed by atoms with Crippen molar-refractivity contribution in [2.75, 3.05) is 7.11 Å². The molecule has 0 spiro atoms. The number of hydrogen-bond acceptors (Lipinski definition) is 3.